The van der Waals surface area contributed by atoms with Crippen LogP contribution in [0.15, 0.2) is 48.5 Å². The molecule has 0 radical (unpaired) electrons. The number of hydrogen-bond acceptors (Lipinski definition) is 4. The van der Waals surface area contributed by atoms with Gasteiger partial charge in [0.15, 0.2) is 0 Å². The number of carbonyl (C=O) groups excluding carboxylic acids is 3. The molecule has 7 nitrogen and oxygen atoms in total. The minimum Gasteiger partial charge on any atom is -0.364 e. The minimum atomic E-state index is -0.0843. The van der Waals surface area contributed by atoms with Gasteiger partial charge >= 0.3 is 0 Å². The normalized spacial score (nSPS) is 16.0. The summed E-state index contributed by atoms with van der Waals surface area (Å²) in [6, 6.07) is 15.6. The smallest absolute Gasteiger partial charge is 0.254 e. The van der Waals surface area contributed by atoms with Gasteiger partial charge in [-0.2, -0.15) is 0 Å². The first-order valence-electron chi connectivity index (χ1n) is 10.8. The van der Waals surface area contributed by atoms with Gasteiger partial charge in [-0.3, -0.25) is 14.4 Å². The molecule has 7 heteroatoms. The van der Waals surface area contributed by atoms with E-state index in [9.17, 15) is 14.4 Å². The SMILES string of the molecule is CN1CC(=O)Nc2cc(C(=O)N3CCN(C(=O)CCCc4ccccc4)CC3)ccc21. The molecule has 31 heavy (non-hydrogen) atoms. The van der Waals surface area contributed by atoms with Crippen molar-refractivity contribution in [1.82, 2.24) is 9.80 Å². The van der Waals surface area contributed by atoms with Crippen LogP contribution < -0.4 is 10.2 Å². The quantitative estimate of drug-likeness (QED) is 0.806. The molecule has 0 aromatic heterocycles. The van der Waals surface area contributed by atoms with E-state index >= 15 is 0 Å². The molecule has 2 aromatic rings. The highest BCUT2D eigenvalue weighted by atomic mass is 16.2. The fourth-order valence-electron chi connectivity index (χ4n) is 4.18. The van der Waals surface area contributed by atoms with Crippen LogP contribution in [0.25, 0.3) is 0 Å². The average molecular weight is 421 g/mol. The summed E-state index contributed by atoms with van der Waals surface area (Å²) in [5.41, 5.74) is 3.37. The second-order valence-electron chi connectivity index (χ2n) is 8.15. The second kappa shape index (κ2) is 9.20. The Morgan fingerprint density at radius 3 is 2.42 bits per heavy atom. The van der Waals surface area contributed by atoms with Crippen LogP contribution in [0.1, 0.15) is 28.8 Å². The van der Waals surface area contributed by atoms with E-state index in [2.05, 4.69) is 17.4 Å². The maximum Gasteiger partial charge on any atom is 0.254 e. The Balaban J connectivity index is 1.28. The molecule has 0 atom stereocenters. The lowest BCUT2D eigenvalue weighted by Crippen LogP contribution is -2.50. The number of amides is 3. The van der Waals surface area contributed by atoms with Gasteiger partial charge in [0, 0.05) is 45.2 Å². The van der Waals surface area contributed by atoms with E-state index in [1.165, 1.54) is 5.56 Å². The monoisotopic (exact) mass is 420 g/mol. The topological polar surface area (TPSA) is 73.0 Å². The number of fused-ring (bicyclic) bond motifs is 1. The van der Waals surface area contributed by atoms with Crippen molar-refractivity contribution >= 4 is 29.1 Å². The largest absolute Gasteiger partial charge is 0.364 e. The summed E-state index contributed by atoms with van der Waals surface area (Å²) in [6.45, 7) is 2.46. The van der Waals surface area contributed by atoms with Crippen LogP contribution >= 0.6 is 0 Å². The minimum absolute atomic E-state index is 0.0681. The Labute approximate surface area is 182 Å². The number of likely N-dealkylation sites (N-methyl/N-ethyl adjacent to an activating group) is 1. The van der Waals surface area contributed by atoms with Gasteiger partial charge in [0.1, 0.15) is 0 Å². The van der Waals surface area contributed by atoms with Gasteiger partial charge in [-0.05, 0) is 36.6 Å². The van der Waals surface area contributed by atoms with E-state index in [0.717, 1.165) is 18.5 Å². The zero-order valence-corrected chi connectivity index (χ0v) is 17.8. The van der Waals surface area contributed by atoms with E-state index in [-0.39, 0.29) is 17.7 Å². The molecule has 2 aliphatic rings. The van der Waals surface area contributed by atoms with Gasteiger partial charge in [0.05, 0.1) is 17.9 Å². The molecule has 1 N–H and O–H groups in total. The highest BCUT2D eigenvalue weighted by Gasteiger charge is 2.26. The molecule has 0 aliphatic carbocycles. The summed E-state index contributed by atoms with van der Waals surface area (Å²) >= 11 is 0. The fraction of sp³-hybridized carbons (Fsp3) is 0.375. The molecule has 1 saturated heterocycles. The van der Waals surface area contributed by atoms with E-state index in [1.807, 2.05) is 41.1 Å². The summed E-state index contributed by atoms with van der Waals surface area (Å²) in [6.07, 6.45) is 2.26. The highest BCUT2D eigenvalue weighted by molar-refractivity contribution is 6.04. The molecule has 162 valence electrons. The lowest BCUT2D eigenvalue weighted by atomic mass is 10.1. The average Bonchev–Trinajstić information content (AvgIpc) is 2.79. The molecule has 2 heterocycles. The third-order valence-electron chi connectivity index (χ3n) is 5.93. The zero-order chi connectivity index (χ0) is 21.8. The van der Waals surface area contributed by atoms with Crippen LogP contribution in [0.3, 0.4) is 0 Å². The van der Waals surface area contributed by atoms with Crippen molar-refractivity contribution in [2.45, 2.75) is 19.3 Å². The van der Waals surface area contributed by atoms with Gasteiger partial charge in [0.2, 0.25) is 11.8 Å². The molecule has 3 amide bonds. The predicted molar refractivity (Wildman–Crippen MR) is 120 cm³/mol. The van der Waals surface area contributed by atoms with Crippen LogP contribution in [0, 0.1) is 0 Å². The lowest BCUT2D eigenvalue weighted by molar-refractivity contribution is -0.132. The summed E-state index contributed by atoms with van der Waals surface area (Å²) in [5.74, 6) is 0.00278. The van der Waals surface area contributed by atoms with Crippen LogP contribution in [0.2, 0.25) is 0 Å². The van der Waals surface area contributed by atoms with Gasteiger partial charge < -0.3 is 20.0 Å². The summed E-state index contributed by atoms with van der Waals surface area (Å²) in [5, 5.41) is 2.84. The van der Waals surface area contributed by atoms with E-state index in [0.29, 0.717) is 50.4 Å². The molecule has 0 saturated carbocycles. The van der Waals surface area contributed by atoms with Crippen molar-refractivity contribution in [2.75, 3.05) is 50.0 Å². The summed E-state index contributed by atoms with van der Waals surface area (Å²) in [7, 11) is 1.86. The first-order valence-corrected chi connectivity index (χ1v) is 10.8. The Bertz CT molecular complexity index is 968. The summed E-state index contributed by atoms with van der Waals surface area (Å²) in [4.78, 5) is 42.8. The lowest BCUT2D eigenvalue weighted by Gasteiger charge is -2.35. The Kier molecular flexibility index (Phi) is 6.21. The van der Waals surface area contributed by atoms with Crippen molar-refractivity contribution < 1.29 is 14.4 Å². The number of anilines is 2. The van der Waals surface area contributed by atoms with Crippen molar-refractivity contribution in [3.8, 4) is 0 Å². The molecule has 2 aromatic carbocycles. The number of hydrogen-bond donors (Lipinski definition) is 1. The first kappa shape index (κ1) is 20.9. The van der Waals surface area contributed by atoms with E-state index in [1.54, 1.807) is 17.0 Å². The number of rotatable bonds is 5. The number of carbonyl (C=O) groups is 3. The van der Waals surface area contributed by atoms with Crippen molar-refractivity contribution in [3.63, 3.8) is 0 Å². The maximum atomic E-state index is 13.0. The maximum absolute atomic E-state index is 13.0. The Hall–Kier alpha value is -3.35. The van der Waals surface area contributed by atoms with Gasteiger partial charge in [0.25, 0.3) is 5.91 Å². The first-order chi connectivity index (χ1) is 15.0. The van der Waals surface area contributed by atoms with Gasteiger partial charge in [-0.1, -0.05) is 30.3 Å². The van der Waals surface area contributed by atoms with Crippen LogP contribution in [-0.2, 0) is 16.0 Å². The van der Waals surface area contributed by atoms with E-state index < -0.39 is 0 Å². The molecule has 1 fully saturated rings. The number of nitrogens with zero attached hydrogens (tertiary/aromatic N) is 3. The van der Waals surface area contributed by atoms with E-state index in [4.69, 9.17) is 0 Å². The molecular weight excluding hydrogens is 392 g/mol. The van der Waals surface area contributed by atoms with Crippen LogP contribution in [0.5, 0.6) is 0 Å². The predicted octanol–water partition coefficient (Wildman–Crippen LogP) is 2.38. The molecule has 0 spiro atoms. The molecule has 4 rings (SSSR count). The van der Waals surface area contributed by atoms with Crippen LogP contribution in [-0.4, -0.2) is 67.3 Å². The van der Waals surface area contributed by atoms with Crippen molar-refractivity contribution in [3.05, 3.63) is 59.7 Å². The number of benzene rings is 2. The third-order valence-corrected chi connectivity index (χ3v) is 5.93. The van der Waals surface area contributed by atoms with Crippen molar-refractivity contribution in [1.29, 1.82) is 0 Å². The Morgan fingerprint density at radius 2 is 1.68 bits per heavy atom. The standard InChI is InChI=1S/C24H28N4O3/c1-26-17-22(29)25-20-16-19(10-11-21(20)26)24(31)28-14-12-27(13-15-28)23(30)9-5-8-18-6-3-2-4-7-18/h2-4,6-7,10-11,16H,5,8-9,12-15,17H2,1H3,(H,25,29). The number of nitrogens with one attached hydrogen (secondary N) is 1. The van der Waals surface area contributed by atoms with Crippen LogP contribution in [0.4, 0.5) is 11.4 Å². The van der Waals surface area contributed by atoms with Crippen molar-refractivity contribution in [2.24, 2.45) is 0 Å². The summed E-state index contributed by atoms with van der Waals surface area (Å²) < 4.78 is 0. The number of piperazine rings is 1. The molecular formula is C24H28N4O3. The highest BCUT2D eigenvalue weighted by Crippen LogP contribution is 2.29. The van der Waals surface area contributed by atoms with Gasteiger partial charge in [-0.25, -0.2) is 0 Å². The molecule has 2 aliphatic heterocycles. The van der Waals surface area contributed by atoms with Gasteiger partial charge in [-0.15, -0.1) is 0 Å². The zero-order valence-electron chi connectivity index (χ0n) is 17.8. The Morgan fingerprint density at radius 1 is 0.968 bits per heavy atom. The fourth-order valence-corrected chi connectivity index (χ4v) is 4.18. The number of aryl methyl sites for hydroxylation is 1. The molecule has 0 bridgehead atoms. The third kappa shape index (κ3) is 4.87. The second-order valence-corrected chi connectivity index (χ2v) is 8.15. The molecule has 0 unspecified atom stereocenters.